The normalized spacial score (nSPS) is 12.5. The van der Waals surface area contributed by atoms with Gasteiger partial charge in [-0.2, -0.15) is 0 Å². The third kappa shape index (κ3) is 2.28. The van der Waals surface area contributed by atoms with E-state index in [1.807, 2.05) is 44.6 Å². The minimum atomic E-state index is 0.121. The molecular weight excluding hydrogens is 246 g/mol. The molecule has 0 saturated heterocycles. The van der Waals surface area contributed by atoms with Gasteiger partial charge in [-0.05, 0) is 43.3 Å². The van der Waals surface area contributed by atoms with Crippen molar-refractivity contribution in [3.63, 3.8) is 0 Å². The number of hydrogen-bond donors (Lipinski definition) is 1. The summed E-state index contributed by atoms with van der Waals surface area (Å²) >= 11 is 0. The summed E-state index contributed by atoms with van der Waals surface area (Å²) in [6, 6.07) is 14.6. The molecule has 100 valence electrons. The summed E-state index contributed by atoms with van der Waals surface area (Å²) in [5.41, 5.74) is 4.44. The van der Waals surface area contributed by atoms with E-state index in [0.717, 1.165) is 16.8 Å². The quantitative estimate of drug-likeness (QED) is 0.788. The van der Waals surface area contributed by atoms with Gasteiger partial charge >= 0.3 is 0 Å². The van der Waals surface area contributed by atoms with E-state index in [-0.39, 0.29) is 6.04 Å². The van der Waals surface area contributed by atoms with Crippen molar-refractivity contribution in [1.82, 2.24) is 15.3 Å². The van der Waals surface area contributed by atoms with E-state index in [0.29, 0.717) is 0 Å². The van der Waals surface area contributed by atoms with Crippen LogP contribution in [-0.2, 0) is 0 Å². The van der Waals surface area contributed by atoms with Gasteiger partial charge < -0.3 is 5.32 Å². The number of hydrogen-bond acceptors (Lipinski definition) is 3. The minimum absolute atomic E-state index is 0.121. The highest BCUT2D eigenvalue weighted by Gasteiger charge is 2.15. The highest BCUT2D eigenvalue weighted by Crippen LogP contribution is 2.27. The first kappa shape index (κ1) is 12.8. The third-order valence-electron chi connectivity index (χ3n) is 3.55. The predicted molar refractivity (Wildman–Crippen MR) is 81.6 cm³/mol. The summed E-state index contributed by atoms with van der Waals surface area (Å²) in [7, 11) is 1.97. The van der Waals surface area contributed by atoms with Crippen LogP contribution in [0, 0.1) is 6.92 Å². The summed E-state index contributed by atoms with van der Waals surface area (Å²) < 4.78 is 0. The number of aryl methyl sites for hydroxylation is 1. The van der Waals surface area contributed by atoms with Crippen LogP contribution in [0.3, 0.4) is 0 Å². The SMILES string of the molecule is CNC(c1ccc(C)nc1)c1cccc2ncccc12. The summed E-state index contributed by atoms with van der Waals surface area (Å²) in [6.07, 6.45) is 3.76. The van der Waals surface area contributed by atoms with E-state index in [4.69, 9.17) is 0 Å². The van der Waals surface area contributed by atoms with Gasteiger partial charge in [0.05, 0.1) is 11.6 Å². The van der Waals surface area contributed by atoms with Crippen LogP contribution in [0.4, 0.5) is 0 Å². The van der Waals surface area contributed by atoms with Crippen molar-refractivity contribution in [3.05, 3.63) is 71.7 Å². The number of nitrogens with one attached hydrogen (secondary N) is 1. The van der Waals surface area contributed by atoms with Crippen LogP contribution in [0.5, 0.6) is 0 Å². The molecule has 1 N–H and O–H groups in total. The van der Waals surface area contributed by atoms with Gasteiger partial charge in [-0.25, -0.2) is 0 Å². The molecule has 3 aromatic rings. The highest BCUT2D eigenvalue weighted by molar-refractivity contribution is 5.82. The molecule has 3 rings (SSSR count). The Kier molecular flexibility index (Phi) is 3.44. The number of aromatic nitrogens is 2. The molecule has 2 heterocycles. The van der Waals surface area contributed by atoms with Crippen LogP contribution in [0.15, 0.2) is 54.9 Å². The maximum atomic E-state index is 4.42. The molecule has 0 aliphatic carbocycles. The van der Waals surface area contributed by atoms with Crippen molar-refractivity contribution >= 4 is 10.9 Å². The first-order chi connectivity index (χ1) is 9.79. The second kappa shape index (κ2) is 5.39. The Balaban J connectivity index is 2.14. The molecule has 0 radical (unpaired) electrons. The molecule has 1 atom stereocenters. The first-order valence-corrected chi connectivity index (χ1v) is 6.73. The number of fused-ring (bicyclic) bond motifs is 1. The molecule has 3 heteroatoms. The number of pyridine rings is 2. The smallest absolute Gasteiger partial charge is 0.0705 e. The highest BCUT2D eigenvalue weighted by atomic mass is 14.9. The molecule has 3 nitrogen and oxygen atoms in total. The second-order valence-corrected chi connectivity index (χ2v) is 4.87. The molecule has 0 amide bonds. The van der Waals surface area contributed by atoms with Gasteiger partial charge in [-0.15, -0.1) is 0 Å². The Morgan fingerprint density at radius 3 is 2.65 bits per heavy atom. The van der Waals surface area contributed by atoms with Crippen molar-refractivity contribution in [2.75, 3.05) is 7.05 Å². The molecule has 0 spiro atoms. The molecule has 0 fully saturated rings. The van der Waals surface area contributed by atoms with Crippen molar-refractivity contribution < 1.29 is 0 Å². The lowest BCUT2D eigenvalue weighted by atomic mass is 9.96. The second-order valence-electron chi connectivity index (χ2n) is 4.87. The Labute approximate surface area is 118 Å². The standard InChI is InChI=1S/C17H17N3/c1-12-8-9-13(11-20-12)17(18-2)15-5-3-7-16-14(15)6-4-10-19-16/h3-11,17-18H,1-2H3. The van der Waals surface area contributed by atoms with Gasteiger partial charge in [-0.3, -0.25) is 9.97 Å². The number of benzene rings is 1. The van der Waals surface area contributed by atoms with Crippen molar-refractivity contribution in [1.29, 1.82) is 0 Å². The average molecular weight is 263 g/mol. The zero-order chi connectivity index (χ0) is 13.9. The molecule has 2 aromatic heterocycles. The predicted octanol–water partition coefficient (Wildman–Crippen LogP) is 3.25. The fourth-order valence-corrected chi connectivity index (χ4v) is 2.53. The zero-order valence-corrected chi connectivity index (χ0v) is 11.7. The van der Waals surface area contributed by atoms with Gasteiger partial charge in [0.25, 0.3) is 0 Å². The molecule has 0 aliphatic heterocycles. The van der Waals surface area contributed by atoms with Gasteiger partial charge in [0.15, 0.2) is 0 Å². The van der Waals surface area contributed by atoms with Crippen LogP contribution < -0.4 is 5.32 Å². The lowest BCUT2D eigenvalue weighted by Crippen LogP contribution is -2.18. The topological polar surface area (TPSA) is 37.8 Å². The van der Waals surface area contributed by atoms with Gasteiger partial charge in [0.2, 0.25) is 0 Å². The molecule has 0 bridgehead atoms. The first-order valence-electron chi connectivity index (χ1n) is 6.73. The monoisotopic (exact) mass is 263 g/mol. The molecule has 1 aromatic carbocycles. The molecule has 0 aliphatic rings. The fourth-order valence-electron chi connectivity index (χ4n) is 2.53. The maximum Gasteiger partial charge on any atom is 0.0705 e. The van der Waals surface area contributed by atoms with Crippen LogP contribution in [0.25, 0.3) is 10.9 Å². The number of nitrogens with zero attached hydrogens (tertiary/aromatic N) is 2. The Morgan fingerprint density at radius 2 is 1.90 bits per heavy atom. The zero-order valence-electron chi connectivity index (χ0n) is 11.7. The van der Waals surface area contributed by atoms with Gasteiger partial charge in [0, 0.05) is 23.5 Å². The minimum Gasteiger partial charge on any atom is -0.309 e. The van der Waals surface area contributed by atoms with Gasteiger partial charge in [0.1, 0.15) is 0 Å². The van der Waals surface area contributed by atoms with E-state index < -0.39 is 0 Å². The van der Waals surface area contributed by atoms with E-state index in [9.17, 15) is 0 Å². The van der Waals surface area contributed by atoms with Crippen LogP contribution >= 0.6 is 0 Å². The lowest BCUT2D eigenvalue weighted by Gasteiger charge is -2.18. The lowest BCUT2D eigenvalue weighted by molar-refractivity contribution is 0.693. The van der Waals surface area contributed by atoms with E-state index in [1.54, 1.807) is 0 Å². The molecule has 20 heavy (non-hydrogen) atoms. The summed E-state index contributed by atoms with van der Waals surface area (Å²) in [4.78, 5) is 8.82. The van der Waals surface area contributed by atoms with Gasteiger partial charge in [-0.1, -0.05) is 24.3 Å². The Morgan fingerprint density at radius 1 is 1.00 bits per heavy atom. The summed E-state index contributed by atoms with van der Waals surface area (Å²) in [5.74, 6) is 0. The van der Waals surface area contributed by atoms with Crippen LogP contribution in [-0.4, -0.2) is 17.0 Å². The van der Waals surface area contributed by atoms with E-state index in [1.165, 1.54) is 10.9 Å². The van der Waals surface area contributed by atoms with E-state index in [2.05, 4.69) is 39.6 Å². The summed E-state index contributed by atoms with van der Waals surface area (Å²) in [6.45, 7) is 2.00. The molecule has 0 saturated carbocycles. The Bertz CT molecular complexity index is 714. The maximum absolute atomic E-state index is 4.42. The van der Waals surface area contributed by atoms with Crippen LogP contribution in [0.2, 0.25) is 0 Å². The molecular formula is C17H17N3. The van der Waals surface area contributed by atoms with Crippen LogP contribution in [0.1, 0.15) is 22.9 Å². The average Bonchev–Trinajstić information content (AvgIpc) is 2.50. The fraction of sp³-hybridized carbons (Fsp3) is 0.176. The Hall–Kier alpha value is -2.26. The summed E-state index contributed by atoms with van der Waals surface area (Å²) in [5, 5.41) is 4.55. The largest absolute Gasteiger partial charge is 0.309 e. The van der Waals surface area contributed by atoms with Crippen molar-refractivity contribution in [2.45, 2.75) is 13.0 Å². The number of rotatable bonds is 3. The van der Waals surface area contributed by atoms with Crippen molar-refractivity contribution in [3.8, 4) is 0 Å². The molecule has 1 unspecified atom stereocenters. The third-order valence-corrected chi connectivity index (χ3v) is 3.55. The van der Waals surface area contributed by atoms with E-state index >= 15 is 0 Å². The van der Waals surface area contributed by atoms with Crippen molar-refractivity contribution in [2.24, 2.45) is 0 Å².